The highest BCUT2D eigenvalue weighted by Gasteiger charge is 2.15. The Balaban J connectivity index is 0.000000275. The smallest absolute Gasteiger partial charge is 0.337 e. The van der Waals surface area contributed by atoms with Crippen LogP contribution in [-0.4, -0.2) is 139 Å². The van der Waals surface area contributed by atoms with Crippen molar-refractivity contribution in [2.24, 2.45) is 15.9 Å². The summed E-state index contributed by atoms with van der Waals surface area (Å²) in [5.74, 6) is -0.991. The van der Waals surface area contributed by atoms with Crippen LogP contribution in [0.2, 0.25) is 0 Å². The summed E-state index contributed by atoms with van der Waals surface area (Å²) in [6.45, 7) is 4.19. The lowest BCUT2D eigenvalue weighted by atomic mass is 10.2. The fourth-order valence-electron chi connectivity index (χ4n) is 5.61. The monoisotopic (exact) mass is 1040 g/mol. The average molecular weight is 1040 g/mol. The third-order valence-electron chi connectivity index (χ3n) is 9.13. The van der Waals surface area contributed by atoms with Gasteiger partial charge in [0.2, 0.25) is 0 Å². The summed E-state index contributed by atoms with van der Waals surface area (Å²) in [7, 11) is -8.72. The van der Waals surface area contributed by atoms with Crippen molar-refractivity contribution in [2.45, 2.75) is 9.79 Å². The van der Waals surface area contributed by atoms with Gasteiger partial charge in [-0.05, 0) is 60.7 Å². The first-order chi connectivity index (χ1) is 35.1. The quantitative estimate of drug-likeness (QED) is 0.0188. The maximum atomic E-state index is 12.2. The molecule has 384 valence electrons. The van der Waals surface area contributed by atoms with Crippen molar-refractivity contribution in [2.75, 3.05) is 63.2 Å². The van der Waals surface area contributed by atoms with E-state index in [0.29, 0.717) is 80.7 Å². The van der Waals surface area contributed by atoms with Gasteiger partial charge in [0.05, 0.1) is 34.7 Å². The number of carboxylic acid groups (broad SMARTS) is 1. The molecule has 25 nitrogen and oxygen atoms in total. The zero-order chi connectivity index (χ0) is 52.9. The number of hydrazone groups is 2. The van der Waals surface area contributed by atoms with Crippen molar-refractivity contribution in [3.05, 3.63) is 168 Å². The second-order valence-electron chi connectivity index (χ2n) is 14.5. The molecule has 6 aromatic rings. The van der Waals surface area contributed by atoms with Gasteiger partial charge in [-0.15, -0.1) is 0 Å². The van der Waals surface area contributed by atoms with Crippen molar-refractivity contribution >= 4 is 68.0 Å². The van der Waals surface area contributed by atoms with Crippen molar-refractivity contribution in [1.29, 1.82) is 0 Å². The molecule has 4 heterocycles. The Morgan fingerprint density at radius 1 is 0.507 bits per heavy atom. The number of aromatic nitrogens is 4. The van der Waals surface area contributed by atoms with Crippen LogP contribution in [0.5, 0.6) is 0 Å². The standard InChI is InChI=1S/C23H25N7O5S.C17H22N6O4S.C6H5NO2/c31-22(18-5-3-9-25-14-18)26-12-10-24-11-13-27-23(32)19-7-8-21(28-15-19)30-29-16-17-4-1-2-6-20(17)36(33,34)35;18-7-8-19-9-10-20-17(24)14-5-6-16(21-11-14)23-22-12-13-3-1-2-4-15(13)28(25,26)27;8-6(9)5-2-1-3-7-4-5/h1-9,14-16,24H,10-13H2,(H,26,31)(H,27,32)(H,28,30)(H,33,34,35);1-6,11-12,19H,7-10,18H2,(H,20,24)(H,21,23)(H,25,26,27);1-4H,(H,8,9). The molecule has 0 saturated carbocycles. The molecule has 6 rings (SSSR count). The highest BCUT2D eigenvalue weighted by atomic mass is 32.2. The number of hydrogen-bond donors (Lipinski definition) is 11. The highest BCUT2D eigenvalue weighted by molar-refractivity contribution is 7.86. The van der Waals surface area contributed by atoms with Crippen LogP contribution in [0.1, 0.15) is 52.6 Å². The van der Waals surface area contributed by atoms with E-state index in [4.69, 9.17) is 10.8 Å². The van der Waals surface area contributed by atoms with Gasteiger partial charge in [-0.3, -0.25) is 44.3 Å². The van der Waals surface area contributed by atoms with E-state index in [1.54, 1.807) is 60.8 Å². The van der Waals surface area contributed by atoms with Gasteiger partial charge in [0.1, 0.15) is 21.4 Å². The Morgan fingerprint density at radius 3 is 1.25 bits per heavy atom. The number of nitrogens with zero attached hydrogens (tertiary/aromatic N) is 6. The van der Waals surface area contributed by atoms with Crippen LogP contribution in [0.3, 0.4) is 0 Å². The average Bonchev–Trinajstić information content (AvgIpc) is 3.39. The summed E-state index contributed by atoms with van der Waals surface area (Å²) in [4.78, 5) is 61.5. The molecule has 0 spiro atoms. The van der Waals surface area contributed by atoms with Crippen LogP contribution < -0.4 is 43.2 Å². The van der Waals surface area contributed by atoms with E-state index in [1.165, 1.54) is 85.9 Å². The van der Waals surface area contributed by atoms with E-state index in [2.05, 4.69) is 67.6 Å². The van der Waals surface area contributed by atoms with E-state index < -0.39 is 26.2 Å². The van der Waals surface area contributed by atoms with Crippen LogP contribution in [0.25, 0.3) is 0 Å². The van der Waals surface area contributed by atoms with Gasteiger partial charge in [-0.25, -0.2) is 14.8 Å². The molecule has 0 saturated heterocycles. The van der Waals surface area contributed by atoms with Crippen molar-refractivity contribution < 1.29 is 50.2 Å². The summed E-state index contributed by atoms with van der Waals surface area (Å²) in [6.07, 6.45) is 11.2. The zero-order valence-electron chi connectivity index (χ0n) is 38.7. The third kappa shape index (κ3) is 21.2. The summed E-state index contributed by atoms with van der Waals surface area (Å²) in [6, 6.07) is 24.4. The van der Waals surface area contributed by atoms with E-state index in [9.17, 15) is 45.1 Å². The van der Waals surface area contributed by atoms with Gasteiger partial charge in [-0.1, -0.05) is 36.4 Å². The topological polar surface area (TPSA) is 384 Å². The van der Waals surface area contributed by atoms with Gasteiger partial charge in [0.15, 0.2) is 0 Å². The molecule has 0 aliphatic heterocycles. The van der Waals surface area contributed by atoms with E-state index in [1.807, 2.05) is 0 Å². The molecule has 0 atom stereocenters. The molecule has 27 heteroatoms. The van der Waals surface area contributed by atoms with Crippen LogP contribution in [0.4, 0.5) is 11.6 Å². The minimum absolute atomic E-state index is 0.197. The number of carbonyl (C=O) groups is 4. The first-order valence-electron chi connectivity index (χ1n) is 21.7. The van der Waals surface area contributed by atoms with E-state index >= 15 is 0 Å². The Kier molecular flexibility index (Phi) is 23.7. The summed E-state index contributed by atoms with van der Waals surface area (Å²) in [5.41, 5.74) is 12.5. The number of carboxylic acids is 1. The molecule has 0 aliphatic carbocycles. The van der Waals surface area contributed by atoms with Crippen LogP contribution in [0.15, 0.2) is 154 Å². The molecule has 0 fully saturated rings. The molecule has 0 aliphatic rings. The summed E-state index contributed by atoms with van der Waals surface area (Å²) < 4.78 is 63.9. The fraction of sp³-hybridized carbons (Fsp3) is 0.174. The number of rotatable bonds is 23. The minimum Gasteiger partial charge on any atom is -0.478 e. The van der Waals surface area contributed by atoms with Gasteiger partial charge >= 0.3 is 5.97 Å². The third-order valence-corrected chi connectivity index (χ3v) is 11.0. The number of carbonyl (C=O) groups excluding carboxylic acids is 3. The lowest BCUT2D eigenvalue weighted by Crippen LogP contribution is -2.36. The second-order valence-corrected chi connectivity index (χ2v) is 17.3. The zero-order valence-corrected chi connectivity index (χ0v) is 40.3. The van der Waals surface area contributed by atoms with Crippen LogP contribution in [0, 0.1) is 0 Å². The highest BCUT2D eigenvalue weighted by Crippen LogP contribution is 2.15. The predicted molar refractivity (Wildman–Crippen MR) is 271 cm³/mol. The van der Waals surface area contributed by atoms with Crippen LogP contribution in [-0.2, 0) is 20.2 Å². The van der Waals surface area contributed by atoms with Crippen molar-refractivity contribution in [3.8, 4) is 0 Å². The SMILES string of the molecule is NCCNCCNC(=O)c1ccc(NN=Cc2ccccc2S(=O)(=O)O)nc1.O=C(NCCNCCNC(=O)c1ccc(NN=Cc2ccccc2S(=O)(=O)O)nc1)c1cccnc1.O=C(O)c1cccnc1. The van der Waals surface area contributed by atoms with Crippen molar-refractivity contribution in [1.82, 2.24) is 46.5 Å². The van der Waals surface area contributed by atoms with Gasteiger partial charge in [-0.2, -0.15) is 27.0 Å². The predicted octanol–water partition coefficient (Wildman–Crippen LogP) is 1.75. The number of pyridine rings is 4. The lowest BCUT2D eigenvalue weighted by Gasteiger charge is -2.08. The van der Waals surface area contributed by atoms with E-state index in [-0.39, 0.29) is 44.2 Å². The largest absolute Gasteiger partial charge is 0.478 e. The second kappa shape index (κ2) is 30.3. The molecule has 0 radical (unpaired) electrons. The number of nitrogens with one attached hydrogen (secondary N) is 7. The molecule has 0 unspecified atom stereocenters. The molecule has 0 bridgehead atoms. The van der Waals surface area contributed by atoms with Crippen LogP contribution >= 0.6 is 0 Å². The lowest BCUT2D eigenvalue weighted by molar-refractivity contribution is 0.0695. The van der Waals surface area contributed by atoms with E-state index in [0.717, 1.165) is 0 Å². The number of benzene rings is 2. The molecule has 12 N–H and O–H groups in total. The van der Waals surface area contributed by atoms with Gasteiger partial charge < -0.3 is 37.4 Å². The summed E-state index contributed by atoms with van der Waals surface area (Å²) >= 11 is 0. The normalized spacial score (nSPS) is 11.1. The van der Waals surface area contributed by atoms with Gasteiger partial charge in [0.25, 0.3) is 38.0 Å². The fourth-order valence-corrected chi connectivity index (χ4v) is 6.94. The molecule has 73 heavy (non-hydrogen) atoms. The summed E-state index contributed by atoms with van der Waals surface area (Å²) in [5, 5.41) is 30.6. The maximum Gasteiger partial charge on any atom is 0.337 e. The number of anilines is 2. The molecular weight excluding hydrogens is 989 g/mol. The number of nitrogens with two attached hydrogens (primary N) is 1. The van der Waals surface area contributed by atoms with Crippen molar-refractivity contribution in [3.63, 3.8) is 0 Å². The molecule has 4 aromatic heterocycles. The number of hydrogen-bond acceptors (Lipinski definition) is 19. The molecule has 3 amide bonds. The van der Waals surface area contributed by atoms with Gasteiger partial charge in [0, 0.05) is 101 Å². The number of aromatic carboxylic acids is 1. The first-order valence-corrected chi connectivity index (χ1v) is 24.6. The maximum absolute atomic E-state index is 12.2. The Morgan fingerprint density at radius 2 is 0.904 bits per heavy atom. The number of amides is 3. The molecular formula is C46H52N14O11S2. The Labute approximate surface area is 419 Å². The molecule has 2 aromatic carbocycles. The Bertz CT molecular complexity index is 2990. The Hall–Kier alpha value is -8.44. The minimum atomic E-state index is -4.37. The first kappa shape index (κ1) is 57.1.